The van der Waals surface area contributed by atoms with Crippen LogP contribution in [0.15, 0.2) is 54.1 Å². The monoisotopic (exact) mass is 388 g/mol. The van der Waals surface area contributed by atoms with Gasteiger partial charge in [0.2, 0.25) is 5.91 Å². The molecule has 2 amide bonds. The first-order valence-corrected chi connectivity index (χ1v) is 10.5. The number of allylic oxidation sites excluding steroid dienone is 2. The summed E-state index contributed by atoms with van der Waals surface area (Å²) in [5.74, 6) is 5.79. The first kappa shape index (κ1) is 19.5. The molecule has 4 rings (SSSR count). The minimum Gasteiger partial charge on any atom is -0.341 e. The smallest absolute Gasteiger partial charge is 0.298 e. The zero-order valence-corrected chi connectivity index (χ0v) is 17.1. The van der Waals surface area contributed by atoms with Crippen molar-refractivity contribution in [3.05, 3.63) is 59.7 Å². The molecule has 2 aliphatic heterocycles. The molecule has 0 radical (unpaired) electrons. The lowest BCUT2D eigenvalue weighted by atomic mass is 9.77. The van der Waals surface area contributed by atoms with Gasteiger partial charge in [0.05, 0.1) is 5.92 Å². The van der Waals surface area contributed by atoms with Crippen LogP contribution in [0.1, 0.15) is 38.2 Å². The number of hydrogen-bond donors (Lipinski definition) is 0. The van der Waals surface area contributed by atoms with Gasteiger partial charge in [-0.05, 0) is 50.2 Å². The second kappa shape index (κ2) is 8.29. The van der Waals surface area contributed by atoms with Gasteiger partial charge in [-0.1, -0.05) is 47.9 Å². The molecule has 1 aromatic carbocycles. The summed E-state index contributed by atoms with van der Waals surface area (Å²) in [6.45, 7) is 5.16. The summed E-state index contributed by atoms with van der Waals surface area (Å²) in [6.07, 6.45) is 10.1. The molecule has 0 bridgehead atoms. The van der Waals surface area contributed by atoms with E-state index in [4.69, 9.17) is 0 Å². The van der Waals surface area contributed by atoms with Crippen LogP contribution in [0.25, 0.3) is 0 Å². The van der Waals surface area contributed by atoms with Gasteiger partial charge in [0.25, 0.3) is 5.91 Å². The lowest BCUT2D eigenvalue weighted by molar-refractivity contribution is -0.133. The van der Waals surface area contributed by atoms with Crippen LogP contribution in [-0.2, 0) is 9.59 Å². The van der Waals surface area contributed by atoms with Crippen molar-refractivity contribution in [2.45, 2.75) is 32.6 Å². The highest BCUT2D eigenvalue weighted by Crippen LogP contribution is 2.41. The number of nitrogens with zero attached hydrogens (tertiary/aromatic N) is 2. The minimum atomic E-state index is -0.0947. The average molecular weight is 389 g/mol. The Balaban J connectivity index is 1.32. The van der Waals surface area contributed by atoms with Crippen LogP contribution in [0.4, 0.5) is 0 Å². The van der Waals surface area contributed by atoms with Gasteiger partial charge in [-0.15, -0.1) is 0 Å². The van der Waals surface area contributed by atoms with Gasteiger partial charge in [0.1, 0.15) is 0 Å². The number of carbonyl (C=O) groups excluding carboxylic acids is 2. The Morgan fingerprint density at radius 3 is 2.41 bits per heavy atom. The van der Waals surface area contributed by atoms with Gasteiger partial charge in [-0.25, -0.2) is 0 Å². The highest BCUT2D eigenvalue weighted by molar-refractivity contribution is 5.94. The molecule has 1 aliphatic carbocycles. The Morgan fingerprint density at radius 2 is 1.72 bits per heavy atom. The fraction of sp³-hybridized carbons (Fsp3) is 0.440. The third-order valence-corrected chi connectivity index (χ3v) is 6.61. The molecule has 150 valence electrons. The fourth-order valence-corrected chi connectivity index (χ4v) is 4.66. The largest absolute Gasteiger partial charge is 0.341 e. The van der Waals surface area contributed by atoms with Gasteiger partial charge >= 0.3 is 0 Å². The molecule has 0 N–H and O–H groups in total. The standard InChI is InChI=1S/C25H28N2O2/c1-20-7-5-6-10-22(20)24(29)27-18-15-25(19-27)13-16-26(17-14-25)23(28)12-11-21-8-3-2-4-9-21/h2-4,6-10,22H,5,13-19H2,1H3. The number of piperidine rings is 1. The third kappa shape index (κ3) is 4.29. The normalized spacial score (nSPS) is 22.8. The molecule has 4 heteroatoms. The summed E-state index contributed by atoms with van der Waals surface area (Å²) in [6, 6.07) is 9.61. The second-order valence-electron chi connectivity index (χ2n) is 8.51. The van der Waals surface area contributed by atoms with E-state index in [2.05, 4.69) is 37.0 Å². The molecule has 1 aromatic rings. The van der Waals surface area contributed by atoms with Crippen LogP contribution in [0.3, 0.4) is 0 Å². The lowest BCUT2D eigenvalue weighted by Crippen LogP contribution is -2.44. The van der Waals surface area contributed by atoms with Crippen molar-refractivity contribution >= 4 is 11.8 Å². The third-order valence-electron chi connectivity index (χ3n) is 6.61. The maximum Gasteiger partial charge on any atom is 0.298 e. The number of rotatable bonds is 1. The molecule has 0 aromatic heterocycles. The summed E-state index contributed by atoms with van der Waals surface area (Å²) in [5.41, 5.74) is 2.19. The predicted molar refractivity (Wildman–Crippen MR) is 114 cm³/mol. The van der Waals surface area contributed by atoms with Crippen LogP contribution >= 0.6 is 0 Å². The van der Waals surface area contributed by atoms with E-state index in [1.807, 2.05) is 40.1 Å². The molecule has 4 nitrogen and oxygen atoms in total. The van der Waals surface area contributed by atoms with E-state index in [0.717, 1.165) is 63.0 Å². The van der Waals surface area contributed by atoms with E-state index >= 15 is 0 Å². The Morgan fingerprint density at radius 1 is 1.03 bits per heavy atom. The van der Waals surface area contributed by atoms with Gasteiger partial charge in [-0.3, -0.25) is 9.59 Å². The van der Waals surface area contributed by atoms with E-state index in [-0.39, 0.29) is 23.1 Å². The van der Waals surface area contributed by atoms with Gasteiger partial charge in [0.15, 0.2) is 0 Å². The number of benzene rings is 1. The minimum absolute atomic E-state index is 0.0890. The van der Waals surface area contributed by atoms with Crippen molar-refractivity contribution in [2.24, 2.45) is 11.3 Å². The van der Waals surface area contributed by atoms with Gasteiger partial charge < -0.3 is 9.80 Å². The van der Waals surface area contributed by atoms with E-state index in [1.165, 1.54) is 0 Å². The van der Waals surface area contributed by atoms with Crippen LogP contribution in [0.5, 0.6) is 0 Å². The molecular formula is C25H28N2O2. The summed E-state index contributed by atoms with van der Waals surface area (Å²) in [5, 5.41) is 0. The molecule has 29 heavy (non-hydrogen) atoms. The topological polar surface area (TPSA) is 40.6 Å². The lowest BCUT2D eigenvalue weighted by Gasteiger charge is -2.38. The van der Waals surface area contributed by atoms with E-state index < -0.39 is 0 Å². The van der Waals surface area contributed by atoms with Crippen LogP contribution in [0.2, 0.25) is 0 Å². The molecule has 2 saturated heterocycles. The van der Waals surface area contributed by atoms with Crippen molar-refractivity contribution in [3.8, 4) is 11.8 Å². The Bertz CT molecular complexity index is 896. The van der Waals surface area contributed by atoms with Gasteiger partial charge in [-0.2, -0.15) is 0 Å². The zero-order chi connectivity index (χ0) is 20.3. The summed E-state index contributed by atoms with van der Waals surface area (Å²) in [4.78, 5) is 29.4. The number of amides is 2. The van der Waals surface area contributed by atoms with Crippen molar-refractivity contribution in [3.63, 3.8) is 0 Å². The first-order valence-electron chi connectivity index (χ1n) is 10.5. The van der Waals surface area contributed by atoms with Crippen molar-refractivity contribution in [1.29, 1.82) is 0 Å². The van der Waals surface area contributed by atoms with Crippen molar-refractivity contribution in [1.82, 2.24) is 9.80 Å². The zero-order valence-electron chi connectivity index (χ0n) is 17.1. The molecule has 1 unspecified atom stereocenters. The van der Waals surface area contributed by atoms with Crippen LogP contribution in [0, 0.1) is 23.2 Å². The van der Waals surface area contributed by atoms with Crippen LogP contribution < -0.4 is 0 Å². The quantitative estimate of drug-likeness (QED) is 0.546. The highest BCUT2D eigenvalue weighted by atomic mass is 16.2. The second-order valence-corrected chi connectivity index (χ2v) is 8.51. The highest BCUT2D eigenvalue weighted by Gasteiger charge is 2.43. The van der Waals surface area contributed by atoms with Crippen LogP contribution in [-0.4, -0.2) is 47.8 Å². The molecule has 0 saturated carbocycles. The Kier molecular flexibility index (Phi) is 5.58. The number of likely N-dealkylation sites (tertiary alicyclic amines) is 2. The van der Waals surface area contributed by atoms with Crippen molar-refractivity contribution in [2.75, 3.05) is 26.2 Å². The molecule has 1 spiro atoms. The predicted octanol–water partition coefficient (Wildman–Crippen LogP) is 3.40. The maximum atomic E-state index is 13.0. The summed E-state index contributed by atoms with van der Waals surface area (Å²) < 4.78 is 0. The molecule has 2 heterocycles. The summed E-state index contributed by atoms with van der Waals surface area (Å²) in [7, 11) is 0. The fourth-order valence-electron chi connectivity index (χ4n) is 4.66. The molecule has 1 atom stereocenters. The Hall–Kier alpha value is -2.80. The SMILES string of the molecule is CC1=CCC=CC1C(=O)N1CCC2(CCN(C(=O)C#Cc3ccccc3)CC2)C1. The average Bonchev–Trinajstić information content (AvgIpc) is 3.17. The Labute approximate surface area is 173 Å². The first-order chi connectivity index (χ1) is 14.1. The summed E-state index contributed by atoms with van der Waals surface area (Å²) >= 11 is 0. The van der Waals surface area contributed by atoms with Gasteiger partial charge in [0, 0.05) is 37.7 Å². The van der Waals surface area contributed by atoms with Crippen molar-refractivity contribution < 1.29 is 9.59 Å². The van der Waals surface area contributed by atoms with E-state index in [9.17, 15) is 9.59 Å². The molecule has 3 aliphatic rings. The van der Waals surface area contributed by atoms with E-state index in [1.54, 1.807) is 0 Å². The number of carbonyl (C=O) groups is 2. The maximum absolute atomic E-state index is 13.0. The van der Waals surface area contributed by atoms with E-state index in [0.29, 0.717) is 0 Å². The molecule has 2 fully saturated rings. The molecular weight excluding hydrogens is 360 g/mol. The number of hydrogen-bond acceptors (Lipinski definition) is 2.